The van der Waals surface area contributed by atoms with E-state index in [2.05, 4.69) is 12.1 Å². The predicted octanol–water partition coefficient (Wildman–Crippen LogP) is 4.21. The van der Waals surface area contributed by atoms with Gasteiger partial charge in [0.1, 0.15) is 0 Å². The molecule has 3 N–H and O–H groups in total. The van der Waals surface area contributed by atoms with Gasteiger partial charge in [-0.15, -0.1) is 0 Å². The molecule has 0 aromatic heterocycles. The fourth-order valence-corrected chi connectivity index (χ4v) is 2.82. The molecule has 1 aliphatic rings. The van der Waals surface area contributed by atoms with Gasteiger partial charge in [-0.25, -0.2) is 0 Å². The monoisotopic (exact) mass is 327 g/mol. The van der Waals surface area contributed by atoms with Crippen LogP contribution in [0.3, 0.4) is 0 Å². The molecule has 0 saturated heterocycles. The summed E-state index contributed by atoms with van der Waals surface area (Å²) in [5.41, 5.74) is 8.01. The van der Waals surface area contributed by atoms with Crippen LogP contribution in [0, 0.1) is 0 Å². The average Bonchev–Trinajstić information content (AvgIpc) is 2.62. The average molecular weight is 327 g/mol. The molecule has 3 heteroatoms. The molecular weight excluding hydrogens is 298 g/mol. The lowest BCUT2D eigenvalue weighted by molar-refractivity contribution is -0.0228. The van der Waals surface area contributed by atoms with Gasteiger partial charge in [0.15, 0.2) is 0 Å². The van der Waals surface area contributed by atoms with E-state index in [1.165, 1.54) is 11.1 Å². The number of hydrogen-bond acceptors (Lipinski definition) is 3. The highest BCUT2D eigenvalue weighted by Gasteiger charge is 2.20. The lowest BCUT2D eigenvalue weighted by Crippen LogP contribution is -2.25. The van der Waals surface area contributed by atoms with E-state index in [-0.39, 0.29) is 18.2 Å². The maximum Gasteiger partial charge on any atom is 0.0720 e. The van der Waals surface area contributed by atoms with Crippen LogP contribution < -0.4 is 5.73 Å². The molecule has 2 aromatic carbocycles. The van der Waals surface area contributed by atoms with E-state index in [0.717, 1.165) is 25.7 Å². The van der Waals surface area contributed by atoms with Crippen LogP contribution in [-0.2, 0) is 11.3 Å². The van der Waals surface area contributed by atoms with E-state index >= 15 is 0 Å². The van der Waals surface area contributed by atoms with Gasteiger partial charge in [0.25, 0.3) is 0 Å². The highest BCUT2D eigenvalue weighted by molar-refractivity contribution is 5.17. The molecule has 2 aromatic rings. The minimum atomic E-state index is -0.153. The quantitative estimate of drug-likeness (QED) is 0.884. The Morgan fingerprint density at radius 2 is 1.67 bits per heavy atom. The molecule has 3 unspecified atom stereocenters. The lowest BCUT2D eigenvalue weighted by atomic mass is 9.95. The van der Waals surface area contributed by atoms with Crippen molar-refractivity contribution in [3.63, 3.8) is 0 Å². The molecule has 1 saturated carbocycles. The zero-order valence-electron chi connectivity index (χ0n) is 14.5. The highest BCUT2D eigenvalue weighted by atomic mass is 16.5. The van der Waals surface area contributed by atoms with Crippen LogP contribution in [0.25, 0.3) is 0 Å². The summed E-state index contributed by atoms with van der Waals surface area (Å²) in [5, 5.41) is 9.50. The largest absolute Gasteiger partial charge is 0.393 e. The zero-order valence-corrected chi connectivity index (χ0v) is 14.5. The van der Waals surface area contributed by atoms with Gasteiger partial charge in [-0.1, -0.05) is 60.7 Å². The van der Waals surface area contributed by atoms with Crippen LogP contribution in [0.5, 0.6) is 0 Å². The molecule has 130 valence electrons. The Balaban J connectivity index is 0.000000198. The Morgan fingerprint density at radius 1 is 1.04 bits per heavy atom. The van der Waals surface area contributed by atoms with Gasteiger partial charge in [0.2, 0.25) is 0 Å². The number of nitrogens with two attached hydrogens (primary N) is 1. The van der Waals surface area contributed by atoms with Crippen molar-refractivity contribution in [3.8, 4) is 0 Å². The fraction of sp³-hybridized carbons (Fsp3) is 0.429. The van der Waals surface area contributed by atoms with E-state index in [9.17, 15) is 5.11 Å². The number of aliphatic hydroxyl groups excluding tert-OH is 1. The summed E-state index contributed by atoms with van der Waals surface area (Å²) < 4.78 is 5.78. The number of benzene rings is 2. The highest BCUT2D eigenvalue weighted by Crippen LogP contribution is 2.21. The molecule has 0 radical (unpaired) electrons. The maximum atomic E-state index is 9.50. The van der Waals surface area contributed by atoms with E-state index in [1.54, 1.807) is 0 Å². The third kappa shape index (κ3) is 6.83. The van der Waals surface area contributed by atoms with Crippen molar-refractivity contribution in [3.05, 3.63) is 71.8 Å². The van der Waals surface area contributed by atoms with Crippen molar-refractivity contribution < 1.29 is 9.84 Å². The second-order valence-corrected chi connectivity index (χ2v) is 6.44. The molecular formula is C21H29NO2. The van der Waals surface area contributed by atoms with Crippen LogP contribution in [-0.4, -0.2) is 17.3 Å². The van der Waals surface area contributed by atoms with Crippen LogP contribution in [0.2, 0.25) is 0 Å². The Hall–Kier alpha value is -1.68. The Bertz CT molecular complexity index is 557. The van der Waals surface area contributed by atoms with Gasteiger partial charge in [-0.05, 0) is 43.7 Å². The van der Waals surface area contributed by atoms with Crippen LogP contribution in [0.15, 0.2) is 60.7 Å². The second-order valence-electron chi connectivity index (χ2n) is 6.44. The van der Waals surface area contributed by atoms with Gasteiger partial charge < -0.3 is 15.6 Å². The van der Waals surface area contributed by atoms with Gasteiger partial charge in [-0.3, -0.25) is 0 Å². The van der Waals surface area contributed by atoms with Crippen molar-refractivity contribution >= 4 is 0 Å². The van der Waals surface area contributed by atoms with Crippen LogP contribution in [0.1, 0.15) is 49.8 Å². The van der Waals surface area contributed by atoms with Crippen molar-refractivity contribution in [1.29, 1.82) is 0 Å². The summed E-state index contributed by atoms with van der Waals surface area (Å²) in [6.45, 7) is 2.65. The van der Waals surface area contributed by atoms with E-state index in [4.69, 9.17) is 10.5 Å². The molecule has 24 heavy (non-hydrogen) atoms. The third-order valence-electron chi connectivity index (χ3n) is 4.25. The molecule has 0 aliphatic heterocycles. The van der Waals surface area contributed by atoms with E-state index in [0.29, 0.717) is 6.61 Å². The number of rotatable bonds is 4. The lowest BCUT2D eigenvalue weighted by Gasteiger charge is -2.25. The summed E-state index contributed by atoms with van der Waals surface area (Å²) in [7, 11) is 0. The minimum absolute atomic E-state index is 0.153. The first kappa shape index (κ1) is 18.7. The second kappa shape index (κ2) is 10.2. The van der Waals surface area contributed by atoms with Crippen molar-refractivity contribution in [1.82, 2.24) is 0 Å². The number of hydrogen-bond donors (Lipinski definition) is 2. The van der Waals surface area contributed by atoms with Crippen molar-refractivity contribution in [2.24, 2.45) is 5.73 Å². The summed E-state index contributed by atoms with van der Waals surface area (Å²) >= 11 is 0. The number of ether oxygens (including phenoxy) is 1. The summed E-state index contributed by atoms with van der Waals surface area (Å²) in [5.74, 6) is 0. The van der Waals surface area contributed by atoms with Gasteiger partial charge in [-0.2, -0.15) is 0 Å². The van der Waals surface area contributed by atoms with Gasteiger partial charge in [0.05, 0.1) is 18.8 Å². The molecule has 1 aliphatic carbocycles. The fourth-order valence-electron chi connectivity index (χ4n) is 2.82. The zero-order chi connectivity index (χ0) is 17.2. The summed E-state index contributed by atoms with van der Waals surface area (Å²) in [6, 6.07) is 20.4. The first-order valence-electron chi connectivity index (χ1n) is 8.79. The molecule has 3 atom stereocenters. The molecule has 0 amide bonds. The first-order chi connectivity index (χ1) is 11.6. The summed E-state index contributed by atoms with van der Waals surface area (Å²) in [6.07, 6.45) is 4.00. The Labute approximate surface area is 145 Å². The number of aliphatic hydroxyl groups is 1. The van der Waals surface area contributed by atoms with E-state index in [1.807, 2.05) is 55.5 Å². The van der Waals surface area contributed by atoms with Crippen molar-refractivity contribution in [2.45, 2.75) is 57.5 Å². The predicted molar refractivity (Wildman–Crippen MR) is 98.5 cm³/mol. The molecule has 0 bridgehead atoms. The normalized spacial score (nSPS) is 21.5. The van der Waals surface area contributed by atoms with Gasteiger partial charge >= 0.3 is 0 Å². The van der Waals surface area contributed by atoms with E-state index < -0.39 is 0 Å². The molecule has 3 rings (SSSR count). The van der Waals surface area contributed by atoms with Crippen LogP contribution in [0.4, 0.5) is 0 Å². The van der Waals surface area contributed by atoms with Crippen molar-refractivity contribution in [2.75, 3.05) is 0 Å². The SMILES string of the molecule is CC(N)c1ccccc1.OC1CCCC(OCc2ccccc2)C1. The molecule has 0 heterocycles. The Kier molecular flexibility index (Phi) is 7.96. The standard InChI is InChI=1S/C13H18O2.C8H11N/c14-12-7-4-8-13(9-12)15-10-11-5-2-1-3-6-11;1-7(9)8-5-3-2-4-6-8/h1-3,5-6,12-14H,4,7-10H2;2-7H,9H2,1H3. The maximum absolute atomic E-state index is 9.50. The smallest absolute Gasteiger partial charge is 0.0720 e. The molecule has 0 spiro atoms. The van der Waals surface area contributed by atoms with Crippen LogP contribution >= 0.6 is 0 Å². The third-order valence-corrected chi connectivity index (χ3v) is 4.25. The topological polar surface area (TPSA) is 55.5 Å². The molecule has 1 fully saturated rings. The first-order valence-corrected chi connectivity index (χ1v) is 8.79. The summed E-state index contributed by atoms with van der Waals surface area (Å²) in [4.78, 5) is 0. The minimum Gasteiger partial charge on any atom is -0.393 e. The Morgan fingerprint density at radius 3 is 2.21 bits per heavy atom. The molecule has 3 nitrogen and oxygen atoms in total. The van der Waals surface area contributed by atoms with Gasteiger partial charge in [0, 0.05) is 6.04 Å².